The van der Waals surface area contributed by atoms with Crippen LogP contribution >= 0.6 is 0 Å². The number of ether oxygens (including phenoxy) is 2. The van der Waals surface area contributed by atoms with E-state index in [0.29, 0.717) is 17.9 Å². The Labute approximate surface area is 116 Å². The van der Waals surface area contributed by atoms with Crippen LogP contribution in [0.25, 0.3) is 0 Å². The smallest absolute Gasteiger partial charge is 0.293 e. The average molecular weight is 270 g/mol. The molecule has 2 rings (SSSR count). The summed E-state index contributed by atoms with van der Waals surface area (Å²) in [5.74, 6) is 0.438. The van der Waals surface area contributed by atoms with Gasteiger partial charge < -0.3 is 9.47 Å². The summed E-state index contributed by atoms with van der Waals surface area (Å²) in [5.41, 5.74) is 1.56. The average Bonchev–Trinajstić information content (AvgIpc) is 2.52. The van der Waals surface area contributed by atoms with Crippen LogP contribution < -0.4 is 4.74 Å². The summed E-state index contributed by atoms with van der Waals surface area (Å²) in [6.07, 6.45) is 0. The number of ketones is 1. The first kappa shape index (κ1) is 13.8. The molecule has 0 aromatic heterocycles. The Kier molecular flexibility index (Phi) is 4.89. The third kappa shape index (κ3) is 3.95. The maximum Gasteiger partial charge on any atom is 0.293 e. The second-order valence-electron chi connectivity index (χ2n) is 4.13. The molecule has 0 fully saturated rings. The van der Waals surface area contributed by atoms with Gasteiger partial charge >= 0.3 is 0 Å². The van der Waals surface area contributed by atoms with Gasteiger partial charge in [0.05, 0.1) is 0 Å². The van der Waals surface area contributed by atoms with E-state index in [1.54, 1.807) is 24.3 Å². The van der Waals surface area contributed by atoms with E-state index in [0.717, 1.165) is 5.56 Å². The maximum atomic E-state index is 11.6. The zero-order chi connectivity index (χ0) is 14.2. The molecule has 0 spiro atoms. The predicted octanol–water partition coefficient (Wildman–Crippen LogP) is 2.62. The summed E-state index contributed by atoms with van der Waals surface area (Å²) >= 11 is 0. The summed E-state index contributed by atoms with van der Waals surface area (Å²) in [7, 11) is 0. The van der Waals surface area contributed by atoms with Crippen molar-refractivity contribution < 1.29 is 19.1 Å². The van der Waals surface area contributed by atoms with Crippen molar-refractivity contribution in [3.63, 3.8) is 0 Å². The van der Waals surface area contributed by atoms with Gasteiger partial charge in [0.15, 0.2) is 12.4 Å². The van der Waals surface area contributed by atoms with Crippen molar-refractivity contribution in [2.75, 3.05) is 6.61 Å². The highest BCUT2D eigenvalue weighted by Crippen LogP contribution is 2.14. The molecular formula is C16H14O4. The zero-order valence-electron chi connectivity index (χ0n) is 10.8. The first-order valence-electron chi connectivity index (χ1n) is 6.15. The van der Waals surface area contributed by atoms with E-state index in [2.05, 4.69) is 4.74 Å². The molecule has 0 radical (unpaired) electrons. The standard InChI is InChI=1S/C16H14O4/c17-12-19-11-16(18)14-6-8-15(9-7-14)20-10-13-4-2-1-3-5-13/h1-9,12H,10-11H2. The molecule has 0 bridgehead atoms. The Bertz CT molecular complexity index is 561. The van der Waals surface area contributed by atoms with E-state index in [1.807, 2.05) is 30.3 Å². The van der Waals surface area contributed by atoms with Crippen LogP contribution in [0, 0.1) is 0 Å². The minimum atomic E-state index is -0.244. The Morgan fingerprint density at radius 2 is 1.70 bits per heavy atom. The fourth-order valence-electron chi connectivity index (χ4n) is 1.67. The molecular weight excluding hydrogens is 256 g/mol. The van der Waals surface area contributed by atoms with E-state index >= 15 is 0 Å². The molecule has 0 amide bonds. The topological polar surface area (TPSA) is 52.6 Å². The lowest BCUT2D eigenvalue weighted by Gasteiger charge is -2.07. The number of hydrogen-bond donors (Lipinski definition) is 0. The van der Waals surface area contributed by atoms with E-state index < -0.39 is 0 Å². The van der Waals surface area contributed by atoms with Crippen LogP contribution in [-0.4, -0.2) is 18.9 Å². The first-order valence-corrected chi connectivity index (χ1v) is 6.15. The number of carbonyl (C=O) groups is 2. The van der Waals surface area contributed by atoms with Crippen LogP contribution in [0.2, 0.25) is 0 Å². The number of rotatable bonds is 7. The van der Waals surface area contributed by atoms with Crippen LogP contribution in [0.15, 0.2) is 54.6 Å². The van der Waals surface area contributed by atoms with Gasteiger partial charge in [0.2, 0.25) is 0 Å². The van der Waals surface area contributed by atoms with E-state index in [9.17, 15) is 9.59 Å². The molecule has 0 heterocycles. The Morgan fingerprint density at radius 3 is 2.35 bits per heavy atom. The molecule has 2 aromatic carbocycles. The molecule has 20 heavy (non-hydrogen) atoms. The largest absolute Gasteiger partial charge is 0.489 e. The quantitative estimate of drug-likeness (QED) is 0.573. The van der Waals surface area contributed by atoms with Crippen LogP contribution in [0.3, 0.4) is 0 Å². The first-order chi connectivity index (χ1) is 9.79. The second kappa shape index (κ2) is 7.09. The maximum absolute atomic E-state index is 11.6. The van der Waals surface area contributed by atoms with Crippen molar-refractivity contribution in [1.29, 1.82) is 0 Å². The lowest BCUT2D eigenvalue weighted by atomic mass is 10.1. The van der Waals surface area contributed by atoms with Crippen molar-refractivity contribution in [2.24, 2.45) is 0 Å². The van der Waals surface area contributed by atoms with Gasteiger partial charge in [-0.25, -0.2) is 0 Å². The Balaban J connectivity index is 1.91. The molecule has 4 heteroatoms. The molecule has 0 aliphatic heterocycles. The lowest BCUT2D eigenvalue weighted by Crippen LogP contribution is -2.08. The lowest BCUT2D eigenvalue weighted by molar-refractivity contribution is -0.127. The summed E-state index contributed by atoms with van der Waals surface area (Å²) < 4.78 is 10.0. The minimum Gasteiger partial charge on any atom is -0.489 e. The molecule has 2 aromatic rings. The van der Waals surface area contributed by atoms with Gasteiger partial charge in [-0.2, -0.15) is 0 Å². The van der Waals surface area contributed by atoms with Gasteiger partial charge in [-0.1, -0.05) is 30.3 Å². The molecule has 0 aliphatic rings. The Morgan fingerprint density at radius 1 is 1.00 bits per heavy atom. The number of Topliss-reactive ketones (excluding diaryl/α,β-unsaturated/α-hetero) is 1. The summed E-state index contributed by atoms with van der Waals surface area (Å²) in [6, 6.07) is 16.6. The van der Waals surface area contributed by atoms with Crippen molar-refractivity contribution in [1.82, 2.24) is 0 Å². The van der Waals surface area contributed by atoms with E-state index in [4.69, 9.17) is 4.74 Å². The van der Waals surface area contributed by atoms with Gasteiger partial charge in [-0.05, 0) is 29.8 Å². The molecule has 0 N–H and O–H groups in total. The molecule has 4 nitrogen and oxygen atoms in total. The molecule has 0 saturated carbocycles. The number of benzene rings is 2. The van der Waals surface area contributed by atoms with Crippen molar-refractivity contribution in [3.8, 4) is 5.75 Å². The van der Waals surface area contributed by atoms with Crippen LogP contribution in [0.5, 0.6) is 5.75 Å². The second-order valence-corrected chi connectivity index (χ2v) is 4.13. The van der Waals surface area contributed by atoms with Crippen LogP contribution in [-0.2, 0) is 16.1 Å². The fourth-order valence-corrected chi connectivity index (χ4v) is 1.67. The molecule has 102 valence electrons. The summed E-state index contributed by atoms with van der Waals surface area (Å²) in [5, 5.41) is 0. The van der Waals surface area contributed by atoms with Gasteiger partial charge in [0.25, 0.3) is 6.47 Å². The monoisotopic (exact) mass is 270 g/mol. The highest BCUT2D eigenvalue weighted by atomic mass is 16.5. The molecule has 0 unspecified atom stereocenters. The highest BCUT2D eigenvalue weighted by molar-refractivity contribution is 5.97. The number of hydrogen-bond acceptors (Lipinski definition) is 4. The van der Waals surface area contributed by atoms with Crippen molar-refractivity contribution >= 4 is 12.3 Å². The van der Waals surface area contributed by atoms with Crippen molar-refractivity contribution in [2.45, 2.75) is 6.61 Å². The molecule has 0 saturated heterocycles. The SMILES string of the molecule is O=COCC(=O)c1ccc(OCc2ccccc2)cc1. The third-order valence-electron chi connectivity index (χ3n) is 2.71. The predicted molar refractivity (Wildman–Crippen MR) is 73.6 cm³/mol. The normalized spacial score (nSPS) is 9.80. The number of carbonyl (C=O) groups excluding carboxylic acids is 2. The summed E-state index contributed by atoms with van der Waals surface area (Å²) in [4.78, 5) is 21.6. The van der Waals surface area contributed by atoms with Gasteiger partial charge in [-0.3, -0.25) is 9.59 Å². The third-order valence-corrected chi connectivity index (χ3v) is 2.71. The van der Waals surface area contributed by atoms with Crippen molar-refractivity contribution in [3.05, 3.63) is 65.7 Å². The van der Waals surface area contributed by atoms with Crippen LogP contribution in [0.1, 0.15) is 15.9 Å². The van der Waals surface area contributed by atoms with E-state index in [-0.39, 0.29) is 18.9 Å². The molecule has 0 atom stereocenters. The summed E-state index contributed by atoms with van der Waals surface area (Å²) in [6.45, 7) is 0.491. The van der Waals surface area contributed by atoms with Gasteiger partial charge in [0.1, 0.15) is 12.4 Å². The van der Waals surface area contributed by atoms with Crippen LogP contribution in [0.4, 0.5) is 0 Å². The van der Waals surface area contributed by atoms with E-state index in [1.165, 1.54) is 0 Å². The zero-order valence-corrected chi connectivity index (χ0v) is 10.8. The fraction of sp³-hybridized carbons (Fsp3) is 0.125. The minimum absolute atomic E-state index is 0.242. The molecule has 0 aliphatic carbocycles. The highest BCUT2D eigenvalue weighted by Gasteiger charge is 2.06. The van der Waals surface area contributed by atoms with Gasteiger partial charge in [0, 0.05) is 5.56 Å². The van der Waals surface area contributed by atoms with Gasteiger partial charge in [-0.15, -0.1) is 0 Å². The Hall–Kier alpha value is -2.62.